The Morgan fingerprint density at radius 3 is 2.39 bits per heavy atom. The highest BCUT2D eigenvalue weighted by atomic mass is 32.2. The molecule has 2 aromatic rings. The number of benzene rings is 2. The van der Waals surface area contributed by atoms with E-state index in [9.17, 15) is 13.2 Å². The third-order valence-electron chi connectivity index (χ3n) is 3.24. The smallest absolute Gasteiger partial charge is 0.255 e. The summed E-state index contributed by atoms with van der Waals surface area (Å²) in [5.74, 6) is -0.228. The van der Waals surface area contributed by atoms with Gasteiger partial charge in [0.25, 0.3) is 5.91 Å². The summed E-state index contributed by atoms with van der Waals surface area (Å²) in [4.78, 5) is 12.3. The zero-order valence-electron chi connectivity index (χ0n) is 13.2. The van der Waals surface area contributed by atoms with Crippen LogP contribution in [0.1, 0.15) is 29.3 Å². The molecular formula is C17H20N2O3S. The molecule has 0 unspecified atom stereocenters. The van der Waals surface area contributed by atoms with E-state index in [-0.39, 0.29) is 10.8 Å². The highest BCUT2D eigenvalue weighted by Gasteiger charge is 2.13. The van der Waals surface area contributed by atoms with Gasteiger partial charge in [-0.05, 0) is 49.7 Å². The Labute approximate surface area is 136 Å². The Balaban J connectivity index is 2.10. The minimum atomic E-state index is -3.49. The molecule has 0 aliphatic carbocycles. The molecule has 0 heterocycles. The van der Waals surface area contributed by atoms with Crippen molar-refractivity contribution in [3.63, 3.8) is 0 Å². The normalized spacial score (nSPS) is 11.2. The van der Waals surface area contributed by atoms with Gasteiger partial charge < -0.3 is 5.32 Å². The molecule has 0 aromatic heterocycles. The van der Waals surface area contributed by atoms with Crippen LogP contribution in [0, 0.1) is 6.92 Å². The van der Waals surface area contributed by atoms with Crippen LogP contribution in [0.4, 0.5) is 5.69 Å². The third kappa shape index (κ3) is 4.64. The first-order valence-corrected chi connectivity index (χ1v) is 8.88. The minimum absolute atomic E-state index is 0.180. The van der Waals surface area contributed by atoms with E-state index in [1.807, 2.05) is 26.0 Å². The fourth-order valence-corrected chi connectivity index (χ4v) is 3.16. The van der Waals surface area contributed by atoms with Crippen LogP contribution in [-0.4, -0.2) is 20.9 Å². The van der Waals surface area contributed by atoms with Gasteiger partial charge in [-0.1, -0.05) is 24.6 Å². The van der Waals surface area contributed by atoms with Crippen molar-refractivity contribution in [1.82, 2.24) is 4.72 Å². The summed E-state index contributed by atoms with van der Waals surface area (Å²) in [7, 11) is -3.49. The second kappa shape index (κ2) is 7.39. The second-order valence-electron chi connectivity index (χ2n) is 5.25. The number of hydrogen-bond acceptors (Lipinski definition) is 3. The molecule has 0 bridgehead atoms. The van der Waals surface area contributed by atoms with Crippen LogP contribution in [0.25, 0.3) is 0 Å². The summed E-state index contributed by atoms with van der Waals surface area (Å²) in [6, 6.07) is 13.4. The number of anilines is 1. The van der Waals surface area contributed by atoms with Gasteiger partial charge in [-0.3, -0.25) is 4.79 Å². The monoisotopic (exact) mass is 332 g/mol. The van der Waals surface area contributed by atoms with Crippen molar-refractivity contribution < 1.29 is 13.2 Å². The first-order chi connectivity index (χ1) is 10.9. The first kappa shape index (κ1) is 17.2. The van der Waals surface area contributed by atoms with Crippen molar-refractivity contribution in [1.29, 1.82) is 0 Å². The predicted molar refractivity (Wildman–Crippen MR) is 91.1 cm³/mol. The summed E-state index contributed by atoms with van der Waals surface area (Å²) >= 11 is 0. The molecule has 5 nitrogen and oxygen atoms in total. The lowest BCUT2D eigenvalue weighted by Gasteiger charge is -2.08. The molecule has 0 aliphatic heterocycles. The van der Waals surface area contributed by atoms with Crippen LogP contribution in [0.15, 0.2) is 53.4 Å². The molecule has 0 spiro atoms. The number of carbonyl (C=O) groups is 1. The highest BCUT2D eigenvalue weighted by molar-refractivity contribution is 7.89. The van der Waals surface area contributed by atoms with Crippen molar-refractivity contribution in [3.8, 4) is 0 Å². The summed E-state index contributed by atoms with van der Waals surface area (Å²) in [6.45, 7) is 4.21. The molecule has 1 amide bonds. The maximum atomic E-state index is 12.1. The Kier molecular flexibility index (Phi) is 5.52. The minimum Gasteiger partial charge on any atom is -0.322 e. The molecule has 2 aromatic carbocycles. The molecular weight excluding hydrogens is 312 g/mol. The average molecular weight is 332 g/mol. The van der Waals surface area contributed by atoms with E-state index >= 15 is 0 Å². The van der Waals surface area contributed by atoms with Gasteiger partial charge in [0.05, 0.1) is 4.90 Å². The Hall–Kier alpha value is -2.18. The van der Waals surface area contributed by atoms with Crippen LogP contribution >= 0.6 is 0 Å². The molecule has 0 fully saturated rings. The van der Waals surface area contributed by atoms with Gasteiger partial charge in [-0.2, -0.15) is 0 Å². The predicted octanol–water partition coefficient (Wildman–Crippen LogP) is 2.94. The lowest BCUT2D eigenvalue weighted by molar-refractivity contribution is 0.102. The number of rotatable bonds is 6. The highest BCUT2D eigenvalue weighted by Crippen LogP contribution is 2.15. The lowest BCUT2D eigenvalue weighted by atomic mass is 10.1. The summed E-state index contributed by atoms with van der Waals surface area (Å²) < 4.78 is 26.5. The SMILES string of the molecule is CCCNS(=O)(=O)c1ccc(NC(=O)c2cccc(C)c2)cc1. The number of sulfonamides is 1. The van der Waals surface area contributed by atoms with E-state index in [4.69, 9.17) is 0 Å². The van der Waals surface area contributed by atoms with E-state index in [1.54, 1.807) is 24.3 Å². The zero-order chi connectivity index (χ0) is 16.9. The van der Waals surface area contributed by atoms with Crippen molar-refractivity contribution in [3.05, 3.63) is 59.7 Å². The molecule has 2 N–H and O–H groups in total. The molecule has 0 saturated carbocycles. The maximum absolute atomic E-state index is 12.1. The van der Waals surface area contributed by atoms with E-state index in [2.05, 4.69) is 10.0 Å². The second-order valence-corrected chi connectivity index (χ2v) is 7.01. The van der Waals surface area contributed by atoms with E-state index < -0.39 is 10.0 Å². The van der Waals surface area contributed by atoms with Crippen LogP contribution in [-0.2, 0) is 10.0 Å². The molecule has 23 heavy (non-hydrogen) atoms. The van der Waals surface area contributed by atoms with Crippen molar-refractivity contribution >= 4 is 21.6 Å². The van der Waals surface area contributed by atoms with Gasteiger partial charge in [0.2, 0.25) is 10.0 Å². The topological polar surface area (TPSA) is 75.3 Å². The van der Waals surface area contributed by atoms with Crippen LogP contribution in [0.2, 0.25) is 0 Å². The van der Waals surface area contributed by atoms with Crippen LogP contribution < -0.4 is 10.0 Å². The van der Waals surface area contributed by atoms with Gasteiger partial charge >= 0.3 is 0 Å². The zero-order valence-corrected chi connectivity index (χ0v) is 14.0. The van der Waals surface area contributed by atoms with Gasteiger partial charge in [-0.25, -0.2) is 13.1 Å². The van der Waals surface area contributed by atoms with E-state index in [0.717, 1.165) is 12.0 Å². The Bertz CT molecular complexity index is 784. The van der Waals surface area contributed by atoms with Crippen molar-refractivity contribution in [2.45, 2.75) is 25.2 Å². The summed E-state index contributed by atoms with van der Waals surface area (Å²) in [5, 5.41) is 2.75. The first-order valence-electron chi connectivity index (χ1n) is 7.40. The standard InChI is InChI=1S/C17H20N2O3S/c1-3-11-18-23(21,22)16-9-7-15(8-10-16)19-17(20)14-6-4-5-13(2)12-14/h4-10,12,18H,3,11H2,1-2H3,(H,19,20). The van der Waals surface area contributed by atoms with Gasteiger partial charge in [-0.15, -0.1) is 0 Å². The number of hydrogen-bond donors (Lipinski definition) is 2. The maximum Gasteiger partial charge on any atom is 0.255 e. The van der Waals surface area contributed by atoms with E-state index in [0.29, 0.717) is 17.8 Å². The fourth-order valence-electron chi connectivity index (χ4n) is 2.03. The van der Waals surface area contributed by atoms with Crippen LogP contribution in [0.5, 0.6) is 0 Å². The van der Waals surface area contributed by atoms with Gasteiger partial charge in [0.1, 0.15) is 0 Å². The van der Waals surface area contributed by atoms with Crippen LogP contribution in [0.3, 0.4) is 0 Å². The molecule has 2 rings (SSSR count). The number of amides is 1. The average Bonchev–Trinajstić information content (AvgIpc) is 2.53. The van der Waals surface area contributed by atoms with Gasteiger partial charge in [0, 0.05) is 17.8 Å². The summed E-state index contributed by atoms with van der Waals surface area (Å²) in [5.41, 5.74) is 2.11. The molecule has 0 aliphatic rings. The Morgan fingerprint density at radius 2 is 1.78 bits per heavy atom. The van der Waals surface area contributed by atoms with Crippen molar-refractivity contribution in [2.24, 2.45) is 0 Å². The number of nitrogens with one attached hydrogen (secondary N) is 2. The summed E-state index contributed by atoms with van der Waals surface area (Å²) in [6.07, 6.45) is 0.726. The van der Waals surface area contributed by atoms with Crippen molar-refractivity contribution in [2.75, 3.05) is 11.9 Å². The largest absolute Gasteiger partial charge is 0.322 e. The number of aryl methyl sites for hydroxylation is 1. The molecule has 122 valence electrons. The van der Waals surface area contributed by atoms with Gasteiger partial charge in [0.15, 0.2) is 0 Å². The molecule has 6 heteroatoms. The Morgan fingerprint density at radius 1 is 1.09 bits per heavy atom. The lowest BCUT2D eigenvalue weighted by Crippen LogP contribution is -2.24. The molecule has 0 radical (unpaired) electrons. The van der Waals surface area contributed by atoms with E-state index in [1.165, 1.54) is 12.1 Å². The number of carbonyl (C=O) groups excluding carboxylic acids is 1. The molecule has 0 saturated heterocycles. The third-order valence-corrected chi connectivity index (χ3v) is 4.72. The quantitative estimate of drug-likeness (QED) is 0.854. The molecule has 0 atom stereocenters. The fraction of sp³-hybridized carbons (Fsp3) is 0.235.